The third-order valence-corrected chi connectivity index (χ3v) is 3.12. The Hall–Kier alpha value is -1.62. The summed E-state index contributed by atoms with van der Waals surface area (Å²) in [6.45, 7) is 1.96. The standard InChI is InChI=1S/C12H17N3O2/c1-15-7-4-9(5-8-15)14-12(17)10-3-2-6-13-11(10)16/h2-3,6,9H,4-5,7-8H2,1H3,(H,13,16)(H,14,17). The van der Waals surface area contributed by atoms with E-state index < -0.39 is 0 Å². The summed E-state index contributed by atoms with van der Waals surface area (Å²) < 4.78 is 0. The summed E-state index contributed by atoms with van der Waals surface area (Å²) in [6, 6.07) is 3.38. The van der Waals surface area contributed by atoms with E-state index in [1.807, 2.05) is 0 Å². The smallest absolute Gasteiger partial charge is 0.260 e. The normalized spacial score (nSPS) is 17.9. The molecule has 0 spiro atoms. The number of hydrogen-bond donors (Lipinski definition) is 2. The van der Waals surface area contributed by atoms with Crippen molar-refractivity contribution in [1.29, 1.82) is 0 Å². The van der Waals surface area contributed by atoms with Gasteiger partial charge in [0.05, 0.1) is 0 Å². The number of aromatic nitrogens is 1. The van der Waals surface area contributed by atoms with Gasteiger partial charge in [0.25, 0.3) is 11.5 Å². The van der Waals surface area contributed by atoms with Crippen molar-refractivity contribution in [2.24, 2.45) is 0 Å². The van der Waals surface area contributed by atoms with Crippen molar-refractivity contribution >= 4 is 5.91 Å². The lowest BCUT2D eigenvalue weighted by Crippen LogP contribution is -2.44. The quantitative estimate of drug-likeness (QED) is 0.769. The molecule has 2 heterocycles. The Labute approximate surface area is 99.8 Å². The molecule has 1 aliphatic rings. The van der Waals surface area contributed by atoms with Gasteiger partial charge in [-0.1, -0.05) is 0 Å². The van der Waals surface area contributed by atoms with Gasteiger partial charge >= 0.3 is 0 Å². The first-order valence-corrected chi connectivity index (χ1v) is 5.84. The van der Waals surface area contributed by atoms with Crippen LogP contribution >= 0.6 is 0 Å². The Morgan fingerprint density at radius 1 is 1.47 bits per heavy atom. The van der Waals surface area contributed by atoms with E-state index in [4.69, 9.17) is 0 Å². The molecule has 5 heteroatoms. The number of amides is 1. The first-order valence-electron chi connectivity index (χ1n) is 5.84. The van der Waals surface area contributed by atoms with Crippen molar-refractivity contribution in [1.82, 2.24) is 15.2 Å². The number of nitrogens with zero attached hydrogens (tertiary/aromatic N) is 1. The zero-order chi connectivity index (χ0) is 12.3. The molecule has 1 aromatic rings. The molecule has 1 saturated heterocycles. The van der Waals surface area contributed by atoms with E-state index >= 15 is 0 Å². The van der Waals surface area contributed by atoms with Gasteiger partial charge < -0.3 is 15.2 Å². The molecule has 17 heavy (non-hydrogen) atoms. The summed E-state index contributed by atoms with van der Waals surface area (Å²) in [5.74, 6) is -0.276. The Balaban J connectivity index is 1.98. The number of hydrogen-bond acceptors (Lipinski definition) is 3. The summed E-state index contributed by atoms with van der Waals surface area (Å²) in [6.07, 6.45) is 3.40. The van der Waals surface area contributed by atoms with Crippen LogP contribution in [0, 0.1) is 0 Å². The largest absolute Gasteiger partial charge is 0.349 e. The highest BCUT2D eigenvalue weighted by Gasteiger charge is 2.19. The molecule has 0 saturated carbocycles. The van der Waals surface area contributed by atoms with Crippen LogP contribution in [0.5, 0.6) is 0 Å². The average molecular weight is 235 g/mol. The third kappa shape index (κ3) is 2.94. The van der Waals surface area contributed by atoms with Crippen molar-refractivity contribution in [3.05, 3.63) is 34.2 Å². The van der Waals surface area contributed by atoms with Crippen LogP contribution in [0.4, 0.5) is 0 Å². The van der Waals surface area contributed by atoms with E-state index in [0.717, 1.165) is 25.9 Å². The lowest BCUT2D eigenvalue weighted by atomic mass is 10.1. The van der Waals surface area contributed by atoms with Gasteiger partial charge in [0.15, 0.2) is 0 Å². The fourth-order valence-electron chi connectivity index (χ4n) is 2.02. The van der Waals surface area contributed by atoms with Gasteiger partial charge in [-0.2, -0.15) is 0 Å². The fourth-order valence-corrected chi connectivity index (χ4v) is 2.02. The number of likely N-dealkylation sites (tertiary alicyclic amines) is 1. The minimum Gasteiger partial charge on any atom is -0.349 e. The number of piperidine rings is 1. The Bertz CT molecular complexity index is 447. The van der Waals surface area contributed by atoms with Crippen LogP contribution in [-0.2, 0) is 0 Å². The highest BCUT2D eigenvalue weighted by atomic mass is 16.2. The zero-order valence-electron chi connectivity index (χ0n) is 9.90. The summed E-state index contributed by atoms with van der Waals surface area (Å²) in [7, 11) is 2.07. The second-order valence-electron chi connectivity index (χ2n) is 4.46. The van der Waals surface area contributed by atoms with Crippen molar-refractivity contribution in [3.8, 4) is 0 Å². The number of carbonyl (C=O) groups is 1. The molecule has 2 rings (SSSR count). The van der Waals surface area contributed by atoms with E-state index in [1.165, 1.54) is 6.20 Å². The second-order valence-corrected chi connectivity index (χ2v) is 4.46. The van der Waals surface area contributed by atoms with Gasteiger partial charge in [0.1, 0.15) is 5.56 Å². The average Bonchev–Trinajstić information content (AvgIpc) is 2.32. The SMILES string of the molecule is CN1CCC(NC(=O)c2ccc[nH]c2=O)CC1. The van der Waals surface area contributed by atoms with E-state index in [9.17, 15) is 9.59 Å². The van der Waals surface area contributed by atoms with Crippen LogP contribution in [0.3, 0.4) is 0 Å². The molecule has 1 aliphatic heterocycles. The molecule has 0 bridgehead atoms. The molecule has 1 fully saturated rings. The van der Waals surface area contributed by atoms with Crippen LogP contribution in [0.25, 0.3) is 0 Å². The van der Waals surface area contributed by atoms with E-state index in [-0.39, 0.29) is 23.1 Å². The van der Waals surface area contributed by atoms with Crippen LogP contribution < -0.4 is 10.9 Å². The maximum atomic E-state index is 11.9. The Morgan fingerprint density at radius 3 is 2.82 bits per heavy atom. The van der Waals surface area contributed by atoms with Gasteiger partial charge in [0, 0.05) is 12.2 Å². The maximum Gasteiger partial charge on any atom is 0.260 e. The molecule has 0 aromatic carbocycles. The molecule has 0 aliphatic carbocycles. The lowest BCUT2D eigenvalue weighted by molar-refractivity contribution is 0.0915. The van der Waals surface area contributed by atoms with Gasteiger partial charge in [0.2, 0.25) is 0 Å². The molecule has 0 atom stereocenters. The summed E-state index contributed by atoms with van der Waals surface area (Å²) in [4.78, 5) is 28.0. The molecular weight excluding hydrogens is 218 g/mol. The predicted octanol–water partition coefficient (Wildman–Crippen LogP) is 0.199. The topological polar surface area (TPSA) is 65.2 Å². The zero-order valence-corrected chi connectivity index (χ0v) is 9.90. The number of carbonyl (C=O) groups excluding carboxylic acids is 1. The van der Waals surface area contributed by atoms with Crippen molar-refractivity contribution < 1.29 is 4.79 Å². The van der Waals surface area contributed by atoms with Crippen molar-refractivity contribution in [2.75, 3.05) is 20.1 Å². The molecular formula is C12H17N3O2. The van der Waals surface area contributed by atoms with Crippen LogP contribution in [0.2, 0.25) is 0 Å². The molecule has 0 radical (unpaired) electrons. The first-order chi connectivity index (χ1) is 8.16. The van der Waals surface area contributed by atoms with Crippen LogP contribution in [0.15, 0.2) is 23.1 Å². The van der Waals surface area contributed by atoms with Gasteiger partial charge in [-0.15, -0.1) is 0 Å². The first kappa shape index (κ1) is 11.9. The fraction of sp³-hybridized carbons (Fsp3) is 0.500. The highest BCUT2D eigenvalue weighted by molar-refractivity contribution is 5.93. The van der Waals surface area contributed by atoms with Crippen molar-refractivity contribution in [3.63, 3.8) is 0 Å². The molecule has 5 nitrogen and oxygen atoms in total. The second kappa shape index (κ2) is 5.14. The van der Waals surface area contributed by atoms with Crippen LogP contribution in [-0.4, -0.2) is 42.0 Å². The van der Waals surface area contributed by atoms with Gasteiger partial charge in [-0.05, 0) is 45.1 Å². The number of nitrogens with one attached hydrogen (secondary N) is 2. The lowest BCUT2D eigenvalue weighted by Gasteiger charge is -2.29. The van der Waals surface area contributed by atoms with Crippen molar-refractivity contribution in [2.45, 2.75) is 18.9 Å². The van der Waals surface area contributed by atoms with Gasteiger partial charge in [-0.3, -0.25) is 9.59 Å². The number of rotatable bonds is 2. The molecule has 92 valence electrons. The third-order valence-electron chi connectivity index (χ3n) is 3.12. The summed E-state index contributed by atoms with van der Waals surface area (Å²) in [5, 5.41) is 2.91. The van der Waals surface area contributed by atoms with E-state index in [0.29, 0.717) is 0 Å². The van der Waals surface area contributed by atoms with Crippen LogP contribution in [0.1, 0.15) is 23.2 Å². The minimum atomic E-state index is -0.335. The molecule has 1 amide bonds. The molecule has 1 aromatic heterocycles. The van der Waals surface area contributed by atoms with E-state index in [1.54, 1.807) is 12.1 Å². The number of H-pyrrole nitrogens is 1. The predicted molar refractivity (Wildman–Crippen MR) is 65.0 cm³/mol. The van der Waals surface area contributed by atoms with E-state index in [2.05, 4.69) is 22.2 Å². The Morgan fingerprint density at radius 2 is 2.18 bits per heavy atom. The highest BCUT2D eigenvalue weighted by Crippen LogP contribution is 2.08. The number of pyridine rings is 1. The van der Waals surface area contributed by atoms with Gasteiger partial charge in [-0.25, -0.2) is 0 Å². The number of aromatic amines is 1. The summed E-state index contributed by atoms with van der Waals surface area (Å²) in [5.41, 5.74) is -0.149. The molecule has 2 N–H and O–H groups in total. The molecule has 0 unspecified atom stereocenters. The maximum absolute atomic E-state index is 11.9. The monoisotopic (exact) mass is 235 g/mol. The summed E-state index contributed by atoms with van der Waals surface area (Å²) >= 11 is 0. The Kier molecular flexibility index (Phi) is 3.58. The minimum absolute atomic E-state index is 0.179.